The average Bonchev–Trinajstić information content (AvgIpc) is 3.64. The summed E-state index contributed by atoms with van der Waals surface area (Å²) in [6.45, 7) is 7.26. The summed E-state index contributed by atoms with van der Waals surface area (Å²) in [7, 11) is 1.58. The molecule has 0 fully saturated rings. The van der Waals surface area contributed by atoms with Crippen molar-refractivity contribution in [3.05, 3.63) is 131 Å². The second-order valence-corrected chi connectivity index (χ2v) is 16.7. The van der Waals surface area contributed by atoms with Crippen molar-refractivity contribution in [2.24, 2.45) is 0 Å². The van der Waals surface area contributed by atoms with Gasteiger partial charge in [-0.2, -0.15) is 0 Å². The zero-order valence-electron chi connectivity index (χ0n) is 34.6. The quantitative estimate of drug-likeness (QED) is 0.0740. The molecule has 7 rings (SSSR count). The minimum atomic E-state index is -1.48. The summed E-state index contributed by atoms with van der Waals surface area (Å²) in [5, 5.41) is 11.5. The SMILES string of the molecule is COc1ccccc1-c1nccc(COc2ccc(CCC(=O)OC(C)(C)C)cc2CC(Oc2ncnc3sc(-c4ccc(F)cc4)c(-c4ccc(N)c(Cl)c4C)c23)C(=O)O)n1. The van der Waals surface area contributed by atoms with E-state index in [1.165, 1.54) is 29.8 Å². The van der Waals surface area contributed by atoms with Gasteiger partial charge in [0.1, 0.15) is 40.7 Å². The van der Waals surface area contributed by atoms with Gasteiger partial charge in [-0.3, -0.25) is 4.79 Å². The van der Waals surface area contributed by atoms with E-state index in [-0.39, 0.29) is 31.3 Å². The smallest absolute Gasteiger partial charge is 0.345 e. The van der Waals surface area contributed by atoms with Crippen LogP contribution in [0.2, 0.25) is 5.02 Å². The van der Waals surface area contributed by atoms with E-state index >= 15 is 0 Å². The number of nitrogens with two attached hydrogens (primary N) is 1. The van der Waals surface area contributed by atoms with Crippen LogP contribution < -0.4 is 19.9 Å². The molecule has 15 heteroatoms. The lowest BCUT2D eigenvalue weighted by molar-refractivity contribution is -0.154. The largest absolute Gasteiger partial charge is 0.496 e. The number of nitrogens with zero attached hydrogens (tertiary/aromatic N) is 4. The van der Waals surface area contributed by atoms with Gasteiger partial charge in [0.25, 0.3) is 0 Å². The van der Waals surface area contributed by atoms with Crippen LogP contribution in [-0.4, -0.2) is 55.8 Å². The van der Waals surface area contributed by atoms with Gasteiger partial charge in [-0.15, -0.1) is 11.3 Å². The zero-order valence-corrected chi connectivity index (χ0v) is 36.1. The van der Waals surface area contributed by atoms with E-state index < -0.39 is 23.5 Å². The number of benzene rings is 4. The highest BCUT2D eigenvalue weighted by Crippen LogP contribution is 2.49. The number of anilines is 1. The van der Waals surface area contributed by atoms with Crippen LogP contribution in [0.4, 0.5) is 10.1 Å². The topological polar surface area (TPSA) is 169 Å². The molecular weight excluding hydrogens is 833 g/mol. The van der Waals surface area contributed by atoms with Crippen LogP contribution >= 0.6 is 22.9 Å². The van der Waals surface area contributed by atoms with Crippen molar-refractivity contribution in [3.8, 4) is 50.3 Å². The maximum atomic E-state index is 14.1. The number of hydrogen-bond donors (Lipinski definition) is 2. The number of nitrogen functional groups attached to an aromatic ring is 1. The number of carboxylic acids is 1. The number of halogens is 2. The number of thiophene rings is 1. The van der Waals surface area contributed by atoms with Crippen molar-refractivity contribution < 1.29 is 38.0 Å². The van der Waals surface area contributed by atoms with Crippen LogP contribution in [0.3, 0.4) is 0 Å². The van der Waals surface area contributed by atoms with Gasteiger partial charge in [-0.1, -0.05) is 54.1 Å². The number of aromatic nitrogens is 4. The lowest BCUT2D eigenvalue weighted by atomic mass is 9.95. The highest BCUT2D eigenvalue weighted by Gasteiger charge is 2.29. The average molecular weight is 876 g/mol. The number of hydrogen-bond acceptors (Lipinski definition) is 12. The molecule has 0 bridgehead atoms. The number of aliphatic carboxylic acids is 1. The number of aryl methyl sites for hydroxylation is 1. The predicted molar refractivity (Wildman–Crippen MR) is 237 cm³/mol. The third-order valence-corrected chi connectivity index (χ3v) is 11.4. The molecule has 7 aromatic rings. The lowest BCUT2D eigenvalue weighted by Crippen LogP contribution is -2.30. The third kappa shape index (κ3) is 9.93. The zero-order chi connectivity index (χ0) is 44.1. The predicted octanol–water partition coefficient (Wildman–Crippen LogP) is 10.1. The van der Waals surface area contributed by atoms with Gasteiger partial charge in [0.05, 0.1) is 34.5 Å². The van der Waals surface area contributed by atoms with Crippen molar-refractivity contribution in [1.29, 1.82) is 0 Å². The number of carbonyl (C=O) groups excluding carboxylic acids is 1. The third-order valence-electron chi connectivity index (χ3n) is 9.78. The molecule has 1 unspecified atom stereocenters. The number of esters is 1. The summed E-state index contributed by atoms with van der Waals surface area (Å²) in [6, 6.07) is 24.0. The molecule has 0 saturated carbocycles. The Labute approximate surface area is 366 Å². The number of para-hydroxylation sites is 1. The molecule has 4 aromatic carbocycles. The second-order valence-electron chi connectivity index (χ2n) is 15.4. The Balaban J connectivity index is 1.25. The molecule has 62 heavy (non-hydrogen) atoms. The molecular formula is C47H43ClFN5O7S. The fourth-order valence-electron chi connectivity index (χ4n) is 6.86. The molecule has 0 radical (unpaired) electrons. The molecule has 0 spiro atoms. The number of rotatable bonds is 15. The summed E-state index contributed by atoms with van der Waals surface area (Å²) < 4.78 is 37.9. The first kappa shape index (κ1) is 43.4. The summed E-state index contributed by atoms with van der Waals surface area (Å²) in [6.07, 6.45) is 1.73. The Hall–Kier alpha value is -6.64. The van der Waals surface area contributed by atoms with E-state index in [2.05, 4.69) is 15.0 Å². The summed E-state index contributed by atoms with van der Waals surface area (Å²) in [5.74, 6) is -0.564. The second kappa shape index (κ2) is 18.5. The van der Waals surface area contributed by atoms with Crippen LogP contribution in [0, 0.1) is 12.7 Å². The van der Waals surface area contributed by atoms with Crippen LogP contribution in [0.25, 0.3) is 43.2 Å². The molecule has 1 atom stereocenters. The number of ether oxygens (including phenoxy) is 4. The van der Waals surface area contributed by atoms with E-state index in [0.29, 0.717) is 88.6 Å². The molecule has 0 aliphatic carbocycles. The van der Waals surface area contributed by atoms with E-state index in [9.17, 15) is 19.1 Å². The lowest BCUT2D eigenvalue weighted by Gasteiger charge is -2.20. The van der Waals surface area contributed by atoms with E-state index in [4.69, 9.17) is 41.3 Å². The van der Waals surface area contributed by atoms with Gasteiger partial charge in [0.2, 0.25) is 12.0 Å². The number of methoxy groups -OCH3 is 1. The van der Waals surface area contributed by atoms with Crippen molar-refractivity contribution in [1.82, 2.24) is 19.9 Å². The Morgan fingerprint density at radius 1 is 0.952 bits per heavy atom. The Bertz CT molecular complexity index is 2780. The molecule has 0 amide bonds. The molecule has 0 aliphatic rings. The molecule has 3 N–H and O–H groups in total. The first-order valence-electron chi connectivity index (χ1n) is 19.6. The van der Waals surface area contributed by atoms with Crippen molar-refractivity contribution in [2.75, 3.05) is 12.8 Å². The molecule has 0 saturated heterocycles. The van der Waals surface area contributed by atoms with Gasteiger partial charge in [0.15, 0.2) is 5.82 Å². The van der Waals surface area contributed by atoms with Crippen LogP contribution in [0.15, 0.2) is 97.5 Å². The van der Waals surface area contributed by atoms with Crippen LogP contribution in [0.1, 0.15) is 49.6 Å². The fraction of sp³-hybridized carbons (Fsp3) is 0.234. The minimum Gasteiger partial charge on any atom is -0.496 e. The highest BCUT2D eigenvalue weighted by atomic mass is 35.5. The van der Waals surface area contributed by atoms with Crippen molar-refractivity contribution in [2.45, 2.75) is 65.3 Å². The molecule has 12 nitrogen and oxygen atoms in total. The number of fused-ring (bicyclic) bond motifs is 1. The molecule has 3 aromatic heterocycles. The van der Waals surface area contributed by atoms with Gasteiger partial charge in [-0.05, 0) is 104 Å². The Morgan fingerprint density at radius 2 is 1.73 bits per heavy atom. The van der Waals surface area contributed by atoms with Gasteiger partial charge in [-0.25, -0.2) is 29.1 Å². The van der Waals surface area contributed by atoms with E-state index in [1.807, 2.05) is 43.3 Å². The van der Waals surface area contributed by atoms with Crippen LogP contribution in [0.5, 0.6) is 17.4 Å². The molecule has 0 aliphatic heterocycles. The molecule has 3 heterocycles. The van der Waals surface area contributed by atoms with Crippen molar-refractivity contribution in [3.63, 3.8) is 0 Å². The monoisotopic (exact) mass is 875 g/mol. The Morgan fingerprint density at radius 3 is 2.47 bits per heavy atom. The minimum absolute atomic E-state index is 0.0164. The van der Waals surface area contributed by atoms with Gasteiger partial charge >= 0.3 is 11.9 Å². The number of carboxylic acid groups (broad SMARTS) is 1. The summed E-state index contributed by atoms with van der Waals surface area (Å²) in [4.78, 5) is 45.2. The number of carbonyl (C=O) groups is 2. The van der Waals surface area contributed by atoms with E-state index in [0.717, 1.165) is 5.56 Å². The summed E-state index contributed by atoms with van der Waals surface area (Å²) >= 11 is 7.99. The normalized spacial score (nSPS) is 11.9. The first-order valence-corrected chi connectivity index (χ1v) is 20.8. The fourth-order valence-corrected chi connectivity index (χ4v) is 8.18. The summed E-state index contributed by atoms with van der Waals surface area (Å²) in [5.41, 5.74) is 11.1. The van der Waals surface area contributed by atoms with Gasteiger partial charge < -0.3 is 29.8 Å². The van der Waals surface area contributed by atoms with Gasteiger partial charge in [0, 0.05) is 29.5 Å². The van der Waals surface area contributed by atoms with Crippen LogP contribution in [-0.2, 0) is 33.8 Å². The highest BCUT2D eigenvalue weighted by molar-refractivity contribution is 7.22. The van der Waals surface area contributed by atoms with E-state index in [1.54, 1.807) is 70.5 Å². The first-order chi connectivity index (χ1) is 29.7. The maximum Gasteiger partial charge on any atom is 0.345 e. The van der Waals surface area contributed by atoms with Crippen molar-refractivity contribution >= 4 is 50.8 Å². The standard InChI is InChI=1S/C47H43ClFN5O7S/c1-26-32(16-17-34(50)41(26)48)39-40-44(52-25-53-45(40)62-42(39)28-12-14-30(49)15-13-28)60-37(46(56)57)23-29-22-27(11-19-38(55)61-47(2,3)4)10-18-35(29)59-24-31-20-21-51-43(54-31)33-8-6-7-9-36(33)58-5/h6-10,12-18,20-22,25,37H,11,19,23-24,50H2,1-5H3,(H,56,57). The maximum absolute atomic E-state index is 14.1. The Kier molecular flexibility index (Phi) is 13.0. The molecule has 318 valence electrons.